The van der Waals surface area contributed by atoms with E-state index in [1.54, 1.807) is 54.6 Å². The van der Waals surface area contributed by atoms with Gasteiger partial charge in [-0.2, -0.15) is 5.26 Å². The predicted octanol–water partition coefficient (Wildman–Crippen LogP) is 5.02. The van der Waals surface area contributed by atoms with Gasteiger partial charge in [0, 0.05) is 37.5 Å². The SMILES string of the molecule is CCCN(C(=O)O)c1cc(Nc2ccc(C#N)cc2)ncc1C#CCCCN1C(=O)c2ccccc2C1=O. The molecule has 4 rings (SSSR count). The summed E-state index contributed by atoms with van der Waals surface area (Å²) in [7, 11) is 0. The lowest BCUT2D eigenvalue weighted by Crippen LogP contribution is -2.30. The molecular weight excluding hydrogens is 482 g/mol. The Bertz CT molecular complexity index is 1450. The summed E-state index contributed by atoms with van der Waals surface area (Å²) in [4.78, 5) is 43.9. The number of imide groups is 1. The fourth-order valence-electron chi connectivity index (χ4n) is 4.08. The molecule has 0 atom stereocenters. The van der Waals surface area contributed by atoms with E-state index in [1.165, 1.54) is 16.0 Å². The second-order valence-corrected chi connectivity index (χ2v) is 8.55. The first-order chi connectivity index (χ1) is 18.4. The number of nitrogens with one attached hydrogen (secondary N) is 1. The molecule has 2 aromatic carbocycles. The Morgan fingerprint density at radius 3 is 2.39 bits per heavy atom. The van der Waals surface area contributed by atoms with Crippen molar-refractivity contribution in [2.24, 2.45) is 0 Å². The normalized spacial score (nSPS) is 11.8. The Morgan fingerprint density at radius 1 is 1.11 bits per heavy atom. The van der Waals surface area contributed by atoms with Gasteiger partial charge < -0.3 is 10.4 Å². The number of rotatable bonds is 8. The smallest absolute Gasteiger partial charge is 0.411 e. The van der Waals surface area contributed by atoms with Gasteiger partial charge in [-0.3, -0.25) is 19.4 Å². The average molecular weight is 508 g/mol. The van der Waals surface area contributed by atoms with Crippen molar-refractivity contribution in [3.8, 4) is 17.9 Å². The Hall–Kier alpha value is -5.15. The molecule has 1 aliphatic rings. The molecule has 3 aromatic rings. The third kappa shape index (κ3) is 5.63. The Morgan fingerprint density at radius 2 is 1.79 bits per heavy atom. The highest BCUT2D eigenvalue weighted by Crippen LogP contribution is 2.26. The Balaban J connectivity index is 1.48. The lowest BCUT2D eigenvalue weighted by molar-refractivity contribution is 0.0653. The van der Waals surface area contributed by atoms with Gasteiger partial charge in [0.1, 0.15) is 5.82 Å². The maximum Gasteiger partial charge on any atom is 0.411 e. The highest BCUT2D eigenvalue weighted by Gasteiger charge is 2.34. The molecule has 9 heteroatoms. The van der Waals surface area contributed by atoms with Crippen molar-refractivity contribution < 1.29 is 19.5 Å². The van der Waals surface area contributed by atoms with Gasteiger partial charge in [-0.05, 0) is 49.2 Å². The molecule has 2 heterocycles. The molecule has 0 saturated heterocycles. The number of nitriles is 1. The van der Waals surface area contributed by atoms with E-state index in [2.05, 4.69) is 28.2 Å². The summed E-state index contributed by atoms with van der Waals surface area (Å²) in [6, 6.07) is 17.3. The fraction of sp³-hybridized carbons (Fsp3) is 0.207. The van der Waals surface area contributed by atoms with Gasteiger partial charge >= 0.3 is 6.09 Å². The van der Waals surface area contributed by atoms with Crippen molar-refractivity contribution in [2.45, 2.75) is 26.2 Å². The van der Waals surface area contributed by atoms with Gasteiger partial charge in [0.2, 0.25) is 0 Å². The molecule has 1 aliphatic heterocycles. The number of benzene rings is 2. The summed E-state index contributed by atoms with van der Waals surface area (Å²) < 4.78 is 0. The minimum Gasteiger partial charge on any atom is -0.465 e. The van der Waals surface area contributed by atoms with Gasteiger partial charge in [-0.1, -0.05) is 30.9 Å². The molecule has 0 bridgehead atoms. The number of carbonyl (C=O) groups is 3. The maximum atomic E-state index is 12.5. The van der Waals surface area contributed by atoms with Gasteiger partial charge in [0.25, 0.3) is 11.8 Å². The number of carbonyl (C=O) groups excluding carboxylic acids is 2. The molecule has 0 saturated carbocycles. The van der Waals surface area contributed by atoms with Crippen LogP contribution in [0.15, 0.2) is 60.8 Å². The van der Waals surface area contributed by atoms with Crippen LogP contribution in [0.2, 0.25) is 0 Å². The molecule has 0 unspecified atom stereocenters. The highest BCUT2D eigenvalue weighted by atomic mass is 16.4. The van der Waals surface area contributed by atoms with E-state index < -0.39 is 6.09 Å². The summed E-state index contributed by atoms with van der Waals surface area (Å²) in [5.41, 5.74) is 2.91. The molecule has 0 aliphatic carbocycles. The number of anilines is 3. The van der Waals surface area contributed by atoms with Crippen molar-refractivity contribution in [1.29, 1.82) is 5.26 Å². The van der Waals surface area contributed by atoms with Crippen molar-refractivity contribution in [1.82, 2.24) is 9.88 Å². The van der Waals surface area contributed by atoms with Crippen molar-refractivity contribution >= 4 is 35.1 Å². The fourth-order valence-corrected chi connectivity index (χ4v) is 4.08. The van der Waals surface area contributed by atoms with E-state index in [4.69, 9.17) is 5.26 Å². The number of amides is 3. The summed E-state index contributed by atoms with van der Waals surface area (Å²) >= 11 is 0. The molecule has 190 valence electrons. The average Bonchev–Trinajstić information content (AvgIpc) is 3.17. The summed E-state index contributed by atoms with van der Waals surface area (Å²) in [5, 5.41) is 21.9. The van der Waals surface area contributed by atoms with E-state index in [1.807, 2.05) is 6.92 Å². The lowest BCUT2D eigenvalue weighted by atomic mass is 10.1. The van der Waals surface area contributed by atoms with E-state index in [0.717, 1.165) is 0 Å². The molecule has 0 spiro atoms. The number of carboxylic acid groups (broad SMARTS) is 1. The van der Waals surface area contributed by atoms with Crippen LogP contribution >= 0.6 is 0 Å². The molecule has 0 radical (unpaired) electrons. The highest BCUT2D eigenvalue weighted by molar-refractivity contribution is 6.21. The van der Waals surface area contributed by atoms with Gasteiger partial charge in [0.05, 0.1) is 34.0 Å². The number of fused-ring (bicyclic) bond motifs is 1. The van der Waals surface area contributed by atoms with E-state index in [0.29, 0.717) is 58.7 Å². The molecule has 0 fully saturated rings. The third-order valence-electron chi connectivity index (χ3n) is 5.92. The molecule has 3 amide bonds. The van der Waals surface area contributed by atoms with Crippen LogP contribution in [0.5, 0.6) is 0 Å². The van der Waals surface area contributed by atoms with E-state index in [-0.39, 0.29) is 24.9 Å². The number of unbranched alkanes of at least 4 members (excludes halogenated alkanes) is 1. The van der Waals surface area contributed by atoms with Gasteiger partial charge in [0.15, 0.2) is 0 Å². The quantitative estimate of drug-likeness (QED) is 0.249. The molecule has 2 N–H and O–H groups in total. The second kappa shape index (κ2) is 11.7. The standard InChI is InChI=1S/C29H25N5O4/c1-2-15-33(29(37)38)25-17-26(32-22-13-11-20(18-30)12-14-22)31-19-21(25)8-4-3-7-16-34-27(35)23-9-5-6-10-24(23)28(34)36/h5-6,9-14,17,19H,2-3,7,15-16H2,1H3,(H,31,32)(H,37,38). The summed E-state index contributed by atoms with van der Waals surface area (Å²) in [6.45, 7) is 2.42. The van der Waals surface area contributed by atoms with E-state index >= 15 is 0 Å². The zero-order valence-electron chi connectivity index (χ0n) is 20.8. The predicted molar refractivity (Wildman–Crippen MR) is 142 cm³/mol. The zero-order valence-corrected chi connectivity index (χ0v) is 20.8. The van der Waals surface area contributed by atoms with Crippen LogP contribution in [-0.2, 0) is 0 Å². The first-order valence-corrected chi connectivity index (χ1v) is 12.1. The monoisotopic (exact) mass is 507 g/mol. The van der Waals surface area contributed by atoms with Crippen molar-refractivity contribution in [3.05, 3.63) is 83.0 Å². The van der Waals surface area contributed by atoms with Crippen LogP contribution in [-0.4, -0.2) is 46.0 Å². The molecule has 38 heavy (non-hydrogen) atoms. The minimum absolute atomic E-state index is 0.247. The van der Waals surface area contributed by atoms with Crippen molar-refractivity contribution in [3.63, 3.8) is 0 Å². The number of pyridine rings is 1. The van der Waals surface area contributed by atoms with Gasteiger partial charge in [-0.25, -0.2) is 9.78 Å². The van der Waals surface area contributed by atoms with Crippen LogP contribution in [0.3, 0.4) is 0 Å². The first-order valence-electron chi connectivity index (χ1n) is 12.1. The zero-order chi connectivity index (χ0) is 27.1. The van der Waals surface area contributed by atoms with Crippen LogP contribution < -0.4 is 10.2 Å². The molecule has 1 aromatic heterocycles. The summed E-state index contributed by atoms with van der Waals surface area (Å²) in [5.74, 6) is 5.87. The van der Waals surface area contributed by atoms with Crippen molar-refractivity contribution in [2.75, 3.05) is 23.3 Å². The van der Waals surface area contributed by atoms with E-state index in [9.17, 15) is 19.5 Å². The number of hydrogen-bond acceptors (Lipinski definition) is 6. The number of hydrogen-bond donors (Lipinski definition) is 2. The minimum atomic E-state index is -1.10. The van der Waals surface area contributed by atoms with Crippen LogP contribution in [0.25, 0.3) is 0 Å². The van der Waals surface area contributed by atoms with Gasteiger partial charge in [-0.15, -0.1) is 0 Å². The largest absolute Gasteiger partial charge is 0.465 e. The second-order valence-electron chi connectivity index (χ2n) is 8.55. The van der Waals surface area contributed by atoms with Crippen LogP contribution in [0.4, 0.5) is 22.0 Å². The Kier molecular flexibility index (Phi) is 8.00. The molecular formula is C29H25N5O4. The van der Waals surface area contributed by atoms with Crippen LogP contribution in [0, 0.1) is 23.2 Å². The first kappa shape index (κ1) is 25.9. The third-order valence-corrected chi connectivity index (χ3v) is 5.92. The Labute approximate surface area is 220 Å². The number of aromatic nitrogens is 1. The lowest BCUT2D eigenvalue weighted by Gasteiger charge is -2.21. The molecule has 9 nitrogen and oxygen atoms in total. The summed E-state index contributed by atoms with van der Waals surface area (Å²) in [6.07, 6.45) is 1.91. The maximum absolute atomic E-state index is 12.5. The topological polar surface area (TPSA) is 127 Å². The van der Waals surface area contributed by atoms with Crippen LogP contribution in [0.1, 0.15) is 58.0 Å². The number of nitrogens with zero attached hydrogens (tertiary/aromatic N) is 4.